The Balaban J connectivity index is 1.79. The zero-order valence-electron chi connectivity index (χ0n) is 13.7. The molecule has 0 spiro atoms. The maximum absolute atomic E-state index is 13.5. The van der Waals surface area contributed by atoms with Crippen molar-refractivity contribution in [1.82, 2.24) is 19.6 Å². The van der Waals surface area contributed by atoms with Gasteiger partial charge in [-0.2, -0.15) is 22.7 Å². The van der Waals surface area contributed by atoms with Crippen molar-refractivity contribution >= 4 is 33.3 Å². The molecule has 7 nitrogen and oxygen atoms in total. The van der Waals surface area contributed by atoms with Gasteiger partial charge in [0.2, 0.25) is 5.82 Å². The molecule has 0 unspecified atom stereocenters. The highest BCUT2D eigenvalue weighted by Gasteiger charge is 2.36. The van der Waals surface area contributed by atoms with Crippen molar-refractivity contribution in [1.29, 1.82) is 0 Å². The smallest absolute Gasteiger partial charge is 0.433 e. The molecule has 1 N–H and O–H groups in total. The molecule has 0 aliphatic carbocycles. The molecule has 4 rings (SSSR count). The fourth-order valence-electron chi connectivity index (χ4n) is 2.46. The number of nitrogens with zero attached hydrogens (tertiary/aromatic N) is 4. The number of rotatable bonds is 3. The van der Waals surface area contributed by atoms with Crippen molar-refractivity contribution in [3.63, 3.8) is 0 Å². The Morgan fingerprint density at radius 2 is 1.93 bits per heavy atom. The van der Waals surface area contributed by atoms with Crippen LogP contribution in [0.1, 0.15) is 16.3 Å². The number of aromatic nitrogens is 4. The molecule has 0 aliphatic rings. The lowest BCUT2D eigenvalue weighted by molar-refractivity contribution is -0.142. The van der Waals surface area contributed by atoms with E-state index in [0.29, 0.717) is 14.7 Å². The van der Waals surface area contributed by atoms with E-state index in [9.17, 15) is 18.0 Å². The van der Waals surface area contributed by atoms with Crippen molar-refractivity contribution in [2.24, 2.45) is 0 Å². The zero-order valence-corrected chi connectivity index (χ0v) is 15.3. The molecule has 142 valence electrons. The van der Waals surface area contributed by atoms with E-state index < -0.39 is 23.6 Å². The van der Waals surface area contributed by atoms with Gasteiger partial charge in [0.05, 0.1) is 12.0 Å². The topological polar surface area (TPSA) is 85.3 Å². The first kappa shape index (κ1) is 18.2. The second-order valence-corrected chi connectivity index (χ2v) is 6.44. The van der Waals surface area contributed by atoms with Crippen molar-refractivity contribution in [3.05, 3.63) is 64.7 Å². The second kappa shape index (κ2) is 6.75. The highest BCUT2D eigenvalue weighted by molar-refractivity contribution is 9.10. The van der Waals surface area contributed by atoms with Crippen LogP contribution in [-0.4, -0.2) is 25.5 Å². The highest BCUT2D eigenvalue weighted by atomic mass is 79.9. The van der Waals surface area contributed by atoms with Crippen LogP contribution in [0.3, 0.4) is 0 Å². The molecule has 0 saturated carbocycles. The largest absolute Gasteiger partial charge is 0.463 e. The predicted octanol–water partition coefficient (Wildman–Crippen LogP) is 4.42. The maximum atomic E-state index is 13.5. The van der Waals surface area contributed by atoms with Crippen LogP contribution in [0, 0.1) is 0 Å². The molecule has 0 atom stereocenters. The molecule has 1 aromatic carbocycles. The summed E-state index contributed by atoms with van der Waals surface area (Å²) in [5, 5.41) is 6.23. The van der Waals surface area contributed by atoms with Crippen molar-refractivity contribution < 1.29 is 22.4 Å². The number of nitrogens with one attached hydrogen (secondary N) is 1. The summed E-state index contributed by atoms with van der Waals surface area (Å²) in [7, 11) is 0. The number of hydrogen-bond acceptors (Lipinski definition) is 5. The normalized spacial score (nSPS) is 11.7. The van der Waals surface area contributed by atoms with E-state index in [1.165, 1.54) is 18.4 Å². The zero-order chi connectivity index (χ0) is 19.9. The molecule has 0 aliphatic heterocycles. The van der Waals surface area contributed by atoms with Gasteiger partial charge in [0, 0.05) is 4.47 Å². The van der Waals surface area contributed by atoms with E-state index >= 15 is 0 Å². The molecule has 11 heteroatoms. The van der Waals surface area contributed by atoms with Crippen LogP contribution in [0.4, 0.5) is 18.9 Å². The number of alkyl halides is 3. The summed E-state index contributed by atoms with van der Waals surface area (Å²) in [6.45, 7) is 0. The number of carbonyl (C=O) groups is 1. The highest BCUT2D eigenvalue weighted by Crippen LogP contribution is 2.32. The third kappa shape index (κ3) is 3.36. The SMILES string of the molecule is O=C(Nc1ccccc1Br)c1nc2nc(-c3ccco3)cc(C(F)(F)F)n2n1. The summed E-state index contributed by atoms with van der Waals surface area (Å²) < 4.78 is 46.7. The number of furan rings is 1. The summed E-state index contributed by atoms with van der Waals surface area (Å²) >= 11 is 3.27. The fraction of sp³-hybridized carbons (Fsp3) is 0.0588. The number of amides is 1. The molecular formula is C17H9BrF3N5O2. The third-order valence-electron chi connectivity index (χ3n) is 3.70. The minimum atomic E-state index is -4.74. The molecule has 0 saturated heterocycles. The lowest BCUT2D eigenvalue weighted by Crippen LogP contribution is -2.16. The summed E-state index contributed by atoms with van der Waals surface area (Å²) in [5.41, 5.74) is -0.780. The van der Waals surface area contributed by atoms with Gasteiger partial charge in [-0.25, -0.2) is 4.98 Å². The standard InChI is InChI=1S/C17H9BrF3N5O2/c18-9-4-1-2-5-10(9)22-15(27)14-24-16-23-11(12-6-3-7-28-12)8-13(17(19,20)21)26(16)25-14/h1-8H,(H,22,27). The molecule has 4 aromatic rings. The fourth-order valence-corrected chi connectivity index (χ4v) is 2.84. The summed E-state index contributed by atoms with van der Waals surface area (Å²) in [6, 6.07) is 10.5. The average molecular weight is 452 g/mol. The Morgan fingerprint density at radius 1 is 1.14 bits per heavy atom. The number of halogens is 4. The van der Waals surface area contributed by atoms with Gasteiger partial charge < -0.3 is 9.73 Å². The van der Waals surface area contributed by atoms with Crippen LogP contribution in [0.15, 0.2) is 57.6 Å². The van der Waals surface area contributed by atoms with E-state index in [2.05, 4.69) is 36.3 Å². The van der Waals surface area contributed by atoms with Gasteiger partial charge in [-0.3, -0.25) is 4.79 Å². The minimum Gasteiger partial charge on any atom is -0.463 e. The molecule has 0 bridgehead atoms. The second-order valence-electron chi connectivity index (χ2n) is 5.58. The Morgan fingerprint density at radius 3 is 2.61 bits per heavy atom. The average Bonchev–Trinajstić information content (AvgIpc) is 3.31. The molecule has 0 radical (unpaired) electrons. The molecule has 1 amide bonds. The summed E-state index contributed by atoms with van der Waals surface area (Å²) in [4.78, 5) is 20.3. The van der Waals surface area contributed by atoms with E-state index in [1.807, 2.05) is 0 Å². The van der Waals surface area contributed by atoms with Gasteiger partial charge in [-0.1, -0.05) is 12.1 Å². The Bertz CT molecular complexity index is 1170. The number of fused-ring (bicyclic) bond motifs is 1. The van der Waals surface area contributed by atoms with Crippen LogP contribution in [0.25, 0.3) is 17.2 Å². The van der Waals surface area contributed by atoms with Crippen LogP contribution >= 0.6 is 15.9 Å². The molecule has 3 aromatic heterocycles. The molecule has 0 fully saturated rings. The van der Waals surface area contributed by atoms with Gasteiger partial charge in [0.15, 0.2) is 11.5 Å². The Hall–Kier alpha value is -3.21. The number of hydrogen-bond donors (Lipinski definition) is 1. The molecule has 3 heterocycles. The van der Waals surface area contributed by atoms with E-state index in [1.54, 1.807) is 24.3 Å². The maximum Gasteiger partial charge on any atom is 0.433 e. The van der Waals surface area contributed by atoms with Crippen LogP contribution in [-0.2, 0) is 6.18 Å². The van der Waals surface area contributed by atoms with E-state index in [0.717, 1.165) is 6.07 Å². The molecule has 28 heavy (non-hydrogen) atoms. The van der Waals surface area contributed by atoms with Crippen molar-refractivity contribution in [2.75, 3.05) is 5.32 Å². The lowest BCUT2D eigenvalue weighted by atomic mass is 10.2. The number of benzene rings is 1. The van der Waals surface area contributed by atoms with Crippen molar-refractivity contribution in [2.45, 2.75) is 6.18 Å². The van der Waals surface area contributed by atoms with Gasteiger partial charge in [0.1, 0.15) is 5.69 Å². The summed E-state index contributed by atoms with van der Waals surface area (Å²) in [5.74, 6) is -1.47. The number of anilines is 1. The number of carbonyl (C=O) groups excluding carboxylic acids is 1. The predicted molar refractivity (Wildman–Crippen MR) is 95.6 cm³/mol. The minimum absolute atomic E-state index is 0.0741. The first-order valence-corrected chi connectivity index (χ1v) is 8.57. The Kier molecular flexibility index (Phi) is 4.38. The summed E-state index contributed by atoms with van der Waals surface area (Å²) in [6.07, 6.45) is -3.43. The van der Waals surface area contributed by atoms with Gasteiger partial charge in [0.25, 0.3) is 11.7 Å². The van der Waals surface area contributed by atoms with Crippen molar-refractivity contribution in [3.8, 4) is 11.5 Å². The first-order valence-electron chi connectivity index (χ1n) is 7.78. The Labute approximate surface area is 163 Å². The third-order valence-corrected chi connectivity index (χ3v) is 4.39. The van der Waals surface area contributed by atoms with Crippen LogP contribution in [0.5, 0.6) is 0 Å². The van der Waals surface area contributed by atoms with Gasteiger partial charge in [-0.15, -0.1) is 5.10 Å². The lowest BCUT2D eigenvalue weighted by Gasteiger charge is -2.09. The first-order chi connectivity index (χ1) is 13.3. The molecular weight excluding hydrogens is 443 g/mol. The monoisotopic (exact) mass is 451 g/mol. The number of para-hydroxylation sites is 1. The van der Waals surface area contributed by atoms with E-state index in [4.69, 9.17) is 4.42 Å². The van der Waals surface area contributed by atoms with E-state index in [-0.39, 0.29) is 17.2 Å². The van der Waals surface area contributed by atoms with Crippen LogP contribution in [0.2, 0.25) is 0 Å². The van der Waals surface area contributed by atoms with Gasteiger partial charge in [-0.05, 0) is 46.3 Å². The van der Waals surface area contributed by atoms with Gasteiger partial charge >= 0.3 is 6.18 Å². The quantitative estimate of drug-likeness (QED) is 0.498. The van der Waals surface area contributed by atoms with Crippen LogP contribution < -0.4 is 5.32 Å².